The van der Waals surface area contributed by atoms with Gasteiger partial charge in [0.2, 0.25) is 0 Å². The lowest BCUT2D eigenvalue weighted by Crippen LogP contribution is -2.18. The Balaban J connectivity index is 2.80. The summed E-state index contributed by atoms with van der Waals surface area (Å²) >= 11 is 0. The van der Waals surface area contributed by atoms with Crippen molar-refractivity contribution >= 4 is 11.6 Å². The zero-order chi connectivity index (χ0) is 14.3. The molecule has 19 heavy (non-hydrogen) atoms. The third-order valence-electron chi connectivity index (χ3n) is 2.81. The Hall–Kier alpha value is -1.36. The molecule has 0 saturated heterocycles. The lowest BCUT2D eigenvalue weighted by atomic mass is 10.2. The number of aliphatic hydroxyl groups excluding tert-OH is 1. The number of anilines is 2. The average molecular weight is 266 g/mol. The Morgan fingerprint density at radius 2 is 1.89 bits per heavy atom. The maximum atomic E-state index is 8.85. The molecule has 3 N–H and O–H groups in total. The van der Waals surface area contributed by atoms with Gasteiger partial charge in [0.1, 0.15) is 17.5 Å². The molecular formula is C14H26N4O. The van der Waals surface area contributed by atoms with E-state index >= 15 is 0 Å². The van der Waals surface area contributed by atoms with Gasteiger partial charge in [-0.3, -0.25) is 0 Å². The first-order valence-electron chi connectivity index (χ1n) is 7.07. The molecule has 0 aromatic carbocycles. The van der Waals surface area contributed by atoms with E-state index in [9.17, 15) is 0 Å². The van der Waals surface area contributed by atoms with Crippen LogP contribution in [0.15, 0.2) is 6.07 Å². The largest absolute Gasteiger partial charge is 0.396 e. The van der Waals surface area contributed by atoms with Gasteiger partial charge < -0.3 is 15.7 Å². The highest BCUT2D eigenvalue weighted by atomic mass is 16.2. The van der Waals surface area contributed by atoms with E-state index in [1.807, 2.05) is 13.0 Å². The van der Waals surface area contributed by atoms with Crippen molar-refractivity contribution in [3.8, 4) is 0 Å². The van der Waals surface area contributed by atoms with E-state index in [1.54, 1.807) is 0 Å². The second-order valence-corrected chi connectivity index (χ2v) is 5.09. The molecule has 0 amide bonds. The predicted octanol–water partition coefficient (Wildman–Crippen LogP) is 2.60. The first kappa shape index (κ1) is 15.7. The van der Waals surface area contributed by atoms with Gasteiger partial charge in [-0.05, 0) is 26.7 Å². The Bertz CT molecular complexity index is 382. The number of aromatic nitrogens is 2. The highest BCUT2D eigenvalue weighted by molar-refractivity contribution is 5.48. The van der Waals surface area contributed by atoms with Gasteiger partial charge in [0, 0.05) is 31.2 Å². The van der Waals surface area contributed by atoms with E-state index in [0.29, 0.717) is 5.92 Å². The number of hydrogen-bond acceptors (Lipinski definition) is 5. The Morgan fingerprint density at radius 3 is 2.47 bits per heavy atom. The van der Waals surface area contributed by atoms with Crippen LogP contribution in [0.3, 0.4) is 0 Å². The van der Waals surface area contributed by atoms with E-state index < -0.39 is 0 Å². The minimum absolute atomic E-state index is 0.232. The molecule has 5 heteroatoms. The molecule has 108 valence electrons. The fourth-order valence-corrected chi connectivity index (χ4v) is 1.79. The van der Waals surface area contributed by atoms with Gasteiger partial charge in [-0.15, -0.1) is 0 Å². The van der Waals surface area contributed by atoms with Crippen LogP contribution < -0.4 is 10.6 Å². The zero-order valence-electron chi connectivity index (χ0n) is 12.4. The average Bonchev–Trinajstić information content (AvgIpc) is 2.36. The monoisotopic (exact) mass is 266 g/mol. The number of nitrogens with one attached hydrogen (secondary N) is 2. The van der Waals surface area contributed by atoms with E-state index in [0.717, 1.165) is 36.8 Å². The molecule has 1 atom stereocenters. The van der Waals surface area contributed by atoms with Crippen LogP contribution in [0.1, 0.15) is 52.3 Å². The van der Waals surface area contributed by atoms with Crippen LogP contribution in [-0.4, -0.2) is 34.3 Å². The van der Waals surface area contributed by atoms with Crippen molar-refractivity contribution in [2.45, 2.75) is 52.5 Å². The van der Waals surface area contributed by atoms with Crippen LogP contribution in [0, 0.1) is 0 Å². The molecule has 0 aliphatic heterocycles. The van der Waals surface area contributed by atoms with Gasteiger partial charge in [-0.25, -0.2) is 9.97 Å². The second kappa shape index (κ2) is 7.94. The molecule has 1 heterocycles. The predicted molar refractivity (Wildman–Crippen MR) is 79.7 cm³/mol. The summed E-state index contributed by atoms with van der Waals surface area (Å²) in [6, 6.07) is 2.22. The summed E-state index contributed by atoms with van der Waals surface area (Å²) in [4.78, 5) is 9.03. The summed E-state index contributed by atoms with van der Waals surface area (Å²) in [5.74, 6) is 2.85. The van der Waals surface area contributed by atoms with Gasteiger partial charge in [-0.1, -0.05) is 13.8 Å². The van der Waals surface area contributed by atoms with Gasteiger partial charge >= 0.3 is 0 Å². The highest BCUT2D eigenvalue weighted by Gasteiger charge is 2.09. The Labute approximate surface area is 115 Å². The Morgan fingerprint density at radius 1 is 1.21 bits per heavy atom. The van der Waals surface area contributed by atoms with Crippen LogP contribution in [0.2, 0.25) is 0 Å². The van der Waals surface area contributed by atoms with Gasteiger partial charge in [0.25, 0.3) is 0 Å². The second-order valence-electron chi connectivity index (χ2n) is 5.09. The van der Waals surface area contributed by atoms with Crippen molar-refractivity contribution in [2.24, 2.45) is 0 Å². The summed E-state index contributed by atoms with van der Waals surface area (Å²) in [5, 5.41) is 15.4. The first-order chi connectivity index (χ1) is 9.06. The quantitative estimate of drug-likeness (QED) is 0.674. The van der Waals surface area contributed by atoms with Crippen LogP contribution in [-0.2, 0) is 0 Å². The summed E-state index contributed by atoms with van der Waals surface area (Å²) in [6.45, 7) is 9.39. The molecular weight excluding hydrogens is 240 g/mol. The molecule has 0 aliphatic rings. The molecule has 0 bridgehead atoms. The molecule has 0 aliphatic carbocycles. The van der Waals surface area contributed by atoms with Crippen LogP contribution in [0.25, 0.3) is 0 Å². The number of aliphatic hydroxyl groups is 1. The molecule has 0 spiro atoms. The maximum absolute atomic E-state index is 8.85. The van der Waals surface area contributed by atoms with Gasteiger partial charge in [0.15, 0.2) is 0 Å². The maximum Gasteiger partial charge on any atom is 0.135 e. The summed E-state index contributed by atoms with van der Waals surface area (Å²) in [6.07, 6.45) is 1.73. The zero-order valence-corrected chi connectivity index (χ0v) is 12.4. The smallest absolute Gasteiger partial charge is 0.135 e. The minimum atomic E-state index is 0.232. The van der Waals surface area contributed by atoms with Crippen molar-refractivity contribution in [1.82, 2.24) is 9.97 Å². The van der Waals surface area contributed by atoms with E-state index in [2.05, 4.69) is 41.4 Å². The molecule has 1 rings (SSSR count). The van der Waals surface area contributed by atoms with Crippen molar-refractivity contribution in [2.75, 3.05) is 23.8 Å². The number of nitrogens with zero attached hydrogens (tertiary/aromatic N) is 2. The van der Waals surface area contributed by atoms with E-state index in [-0.39, 0.29) is 12.6 Å². The van der Waals surface area contributed by atoms with E-state index in [1.165, 1.54) is 0 Å². The van der Waals surface area contributed by atoms with Crippen molar-refractivity contribution in [3.05, 3.63) is 11.9 Å². The fraction of sp³-hybridized carbons (Fsp3) is 0.714. The van der Waals surface area contributed by atoms with Crippen molar-refractivity contribution in [3.63, 3.8) is 0 Å². The van der Waals surface area contributed by atoms with Crippen molar-refractivity contribution in [1.29, 1.82) is 0 Å². The fourth-order valence-electron chi connectivity index (χ4n) is 1.79. The third kappa shape index (κ3) is 5.42. The summed E-state index contributed by atoms with van der Waals surface area (Å²) in [5.41, 5.74) is 0. The third-order valence-corrected chi connectivity index (χ3v) is 2.81. The molecule has 0 radical (unpaired) electrons. The topological polar surface area (TPSA) is 70.1 Å². The van der Waals surface area contributed by atoms with Crippen LogP contribution >= 0.6 is 0 Å². The molecule has 1 unspecified atom stereocenters. The van der Waals surface area contributed by atoms with Gasteiger partial charge in [-0.2, -0.15) is 0 Å². The minimum Gasteiger partial charge on any atom is -0.396 e. The van der Waals surface area contributed by atoms with E-state index in [4.69, 9.17) is 5.11 Å². The van der Waals surface area contributed by atoms with Crippen LogP contribution in [0.5, 0.6) is 0 Å². The molecule has 1 aromatic heterocycles. The summed E-state index contributed by atoms with van der Waals surface area (Å²) in [7, 11) is 0. The Kier molecular flexibility index (Phi) is 6.56. The molecule has 0 fully saturated rings. The van der Waals surface area contributed by atoms with Crippen molar-refractivity contribution < 1.29 is 5.11 Å². The number of hydrogen-bond donors (Lipinski definition) is 3. The van der Waals surface area contributed by atoms with Gasteiger partial charge in [0.05, 0.1) is 0 Å². The first-order valence-corrected chi connectivity index (χ1v) is 7.07. The lowest BCUT2D eigenvalue weighted by molar-refractivity contribution is 0.282. The normalized spacial score (nSPS) is 12.5. The SMILES string of the molecule is CCNc1cc(NC(C)CCCO)nc(C(C)C)n1. The lowest BCUT2D eigenvalue weighted by Gasteiger charge is -2.16. The highest BCUT2D eigenvalue weighted by Crippen LogP contribution is 2.18. The summed E-state index contributed by atoms with van der Waals surface area (Å²) < 4.78 is 0. The molecule has 5 nitrogen and oxygen atoms in total. The molecule has 1 aromatic rings. The number of rotatable bonds is 8. The van der Waals surface area contributed by atoms with Crippen LogP contribution in [0.4, 0.5) is 11.6 Å². The standard InChI is InChI=1S/C14H26N4O/c1-5-15-12-9-13(16-11(4)7-6-8-19)18-14(17-12)10(2)3/h9-11,19H,5-8H2,1-4H3,(H2,15,16,17,18). The molecule has 0 saturated carbocycles.